The van der Waals surface area contributed by atoms with Crippen LogP contribution in [0, 0.1) is 0 Å². The Morgan fingerprint density at radius 3 is 2.88 bits per heavy atom. The molecule has 2 N–H and O–H groups in total. The van der Waals surface area contributed by atoms with Crippen molar-refractivity contribution in [2.75, 3.05) is 25.3 Å². The SMILES string of the molecule is CSCCCNCc1cc2c(cc1O)OCO2. The van der Waals surface area contributed by atoms with Crippen LogP contribution in [-0.4, -0.2) is 30.5 Å². The number of thioether (sulfide) groups is 1. The largest absolute Gasteiger partial charge is 0.507 e. The van der Waals surface area contributed by atoms with Crippen LogP contribution in [0.2, 0.25) is 0 Å². The third-order valence-electron chi connectivity index (χ3n) is 2.59. The molecule has 0 aromatic heterocycles. The second-order valence-electron chi connectivity index (χ2n) is 3.86. The van der Waals surface area contributed by atoms with E-state index >= 15 is 0 Å². The molecule has 1 aromatic rings. The molecule has 1 aliphatic rings. The highest BCUT2D eigenvalue weighted by molar-refractivity contribution is 7.98. The van der Waals surface area contributed by atoms with Crippen LogP contribution in [0.4, 0.5) is 0 Å². The predicted molar refractivity (Wildman–Crippen MR) is 68.9 cm³/mol. The summed E-state index contributed by atoms with van der Waals surface area (Å²) in [5.41, 5.74) is 0.846. The Morgan fingerprint density at radius 2 is 2.12 bits per heavy atom. The van der Waals surface area contributed by atoms with Crippen LogP contribution in [0.1, 0.15) is 12.0 Å². The number of aromatic hydroxyl groups is 1. The van der Waals surface area contributed by atoms with E-state index in [0.717, 1.165) is 24.3 Å². The topological polar surface area (TPSA) is 50.7 Å². The van der Waals surface area contributed by atoms with Crippen molar-refractivity contribution in [3.63, 3.8) is 0 Å². The molecule has 2 rings (SSSR count). The van der Waals surface area contributed by atoms with Gasteiger partial charge >= 0.3 is 0 Å². The van der Waals surface area contributed by atoms with Gasteiger partial charge in [-0.2, -0.15) is 11.8 Å². The Labute approximate surface area is 105 Å². The van der Waals surface area contributed by atoms with Gasteiger partial charge in [-0.25, -0.2) is 0 Å². The van der Waals surface area contributed by atoms with E-state index in [2.05, 4.69) is 11.6 Å². The molecule has 0 atom stereocenters. The van der Waals surface area contributed by atoms with Crippen molar-refractivity contribution in [2.45, 2.75) is 13.0 Å². The molecule has 0 bridgehead atoms. The Morgan fingerprint density at radius 1 is 1.35 bits per heavy atom. The number of nitrogens with one attached hydrogen (secondary N) is 1. The van der Waals surface area contributed by atoms with Crippen molar-refractivity contribution < 1.29 is 14.6 Å². The highest BCUT2D eigenvalue weighted by Crippen LogP contribution is 2.37. The molecule has 0 unspecified atom stereocenters. The lowest BCUT2D eigenvalue weighted by Crippen LogP contribution is -2.15. The summed E-state index contributed by atoms with van der Waals surface area (Å²) in [7, 11) is 0. The second-order valence-corrected chi connectivity index (χ2v) is 4.84. The minimum atomic E-state index is 0.235. The molecule has 1 heterocycles. The molecule has 0 aliphatic carbocycles. The van der Waals surface area contributed by atoms with Crippen LogP contribution in [-0.2, 0) is 6.54 Å². The maximum atomic E-state index is 9.80. The number of ether oxygens (including phenoxy) is 2. The number of rotatable bonds is 6. The highest BCUT2D eigenvalue weighted by atomic mass is 32.2. The van der Waals surface area contributed by atoms with Crippen molar-refractivity contribution in [1.82, 2.24) is 5.32 Å². The molecule has 1 aromatic carbocycles. The molecule has 5 heteroatoms. The number of fused-ring (bicyclic) bond motifs is 1. The zero-order valence-electron chi connectivity index (χ0n) is 9.86. The van der Waals surface area contributed by atoms with Crippen molar-refractivity contribution >= 4 is 11.8 Å². The third kappa shape index (κ3) is 3.20. The van der Waals surface area contributed by atoms with Gasteiger partial charge in [0.25, 0.3) is 0 Å². The summed E-state index contributed by atoms with van der Waals surface area (Å²) in [6.45, 7) is 1.84. The van der Waals surface area contributed by atoms with Gasteiger partial charge in [0.15, 0.2) is 11.5 Å². The minimum Gasteiger partial charge on any atom is -0.507 e. The molecular formula is C12H17NO3S. The molecule has 17 heavy (non-hydrogen) atoms. The monoisotopic (exact) mass is 255 g/mol. The lowest BCUT2D eigenvalue weighted by Gasteiger charge is -2.07. The van der Waals surface area contributed by atoms with Gasteiger partial charge in [-0.1, -0.05) is 0 Å². The molecule has 1 aliphatic heterocycles. The predicted octanol–water partition coefficient (Wildman–Crippen LogP) is 1.96. The lowest BCUT2D eigenvalue weighted by molar-refractivity contribution is 0.174. The maximum absolute atomic E-state index is 9.80. The van der Waals surface area contributed by atoms with Crippen molar-refractivity contribution in [3.8, 4) is 17.2 Å². The average Bonchev–Trinajstić information content (AvgIpc) is 2.76. The summed E-state index contributed by atoms with van der Waals surface area (Å²) < 4.78 is 10.5. The summed E-state index contributed by atoms with van der Waals surface area (Å²) in [6, 6.07) is 3.44. The quantitative estimate of drug-likeness (QED) is 0.761. The van der Waals surface area contributed by atoms with E-state index in [-0.39, 0.29) is 12.5 Å². The van der Waals surface area contributed by atoms with Gasteiger partial charge in [0.1, 0.15) is 5.75 Å². The van der Waals surface area contributed by atoms with Crippen LogP contribution in [0.5, 0.6) is 17.2 Å². The molecule has 94 valence electrons. The Kier molecular flexibility index (Phi) is 4.39. The first kappa shape index (κ1) is 12.4. The van der Waals surface area contributed by atoms with E-state index in [4.69, 9.17) is 9.47 Å². The number of hydrogen-bond acceptors (Lipinski definition) is 5. The standard InChI is InChI=1S/C12H17NO3S/c1-17-4-2-3-13-7-9-5-11-12(6-10(9)14)16-8-15-11/h5-6,13-14H,2-4,7-8H2,1H3. The second kappa shape index (κ2) is 6.02. The smallest absolute Gasteiger partial charge is 0.231 e. The third-order valence-corrected chi connectivity index (χ3v) is 3.29. The van der Waals surface area contributed by atoms with E-state index < -0.39 is 0 Å². The number of hydrogen-bond donors (Lipinski definition) is 2. The van der Waals surface area contributed by atoms with Gasteiger partial charge in [-0.15, -0.1) is 0 Å². The molecule has 0 spiro atoms. The van der Waals surface area contributed by atoms with Crippen LogP contribution in [0.25, 0.3) is 0 Å². The lowest BCUT2D eigenvalue weighted by atomic mass is 10.1. The van der Waals surface area contributed by atoms with Crippen LogP contribution in [0.3, 0.4) is 0 Å². The van der Waals surface area contributed by atoms with E-state index in [9.17, 15) is 5.11 Å². The normalized spacial score (nSPS) is 13.0. The molecule has 0 saturated carbocycles. The zero-order chi connectivity index (χ0) is 12.1. The summed E-state index contributed by atoms with van der Waals surface area (Å²) in [5.74, 6) is 2.74. The highest BCUT2D eigenvalue weighted by Gasteiger charge is 2.16. The first-order valence-corrected chi connectivity index (χ1v) is 7.02. The first-order valence-electron chi connectivity index (χ1n) is 5.62. The Balaban J connectivity index is 1.88. The van der Waals surface area contributed by atoms with Crippen molar-refractivity contribution in [1.29, 1.82) is 0 Å². The Bertz CT molecular complexity index is 384. The molecule has 0 saturated heterocycles. The zero-order valence-corrected chi connectivity index (χ0v) is 10.7. The molecule has 0 fully saturated rings. The molecule has 0 radical (unpaired) electrons. The van der Waals surface area contributed by atoms with Crippen molar-refractivity contribution in [2.24, 2.45) is 0 Å². The fraction of sp³-hybridized carbons (Fsp3) is 0.500. The summed E-state index contributed by atoms with van der Waals surface area (Å²) in [5, 5.41) is 13.1. The van der Waals surface area contributed by atoms with E-state index in [1.807, 2.05) is 17.8 Å². The maximum Gasteiger partial charge on any atom is 0.231 e. The van der Waals surface area contributed by atoms with E-state index in [0.29, 0.717) is 18.0 Å². The van der Waals surface area contributed by atoms with Crippen LogP contribution < -0.4 is 14.8 Å². The molecular weight excluding hydrogens is 238 g/mol. The van der Waals surface area contributed by atoms with E-state index in [1.54, 1.807) is 6.07 Å². The van der Waals surface area contributed by atoms with E-state index in [1.165, 1.54) is 0 Å². The van der Waals surface area contributed by atoms with Gasteiger partial charge in [0.2, 0.25) is 6.79 Å². The Hall–Kier alpha value is -1.07. The summed E-state index contributed by atoms with van der Waals surface area (Å²) in [4.78, 5) is 0. The molecule has 0 amide bonds. The number of phenols is 1. The molecule has 4 nitrogen and oxygen atoms in total. The van der Waals surface area contributed by atoms with Gasteiger partial charge < -0.3 is 19.9 Å². The van der Waals surface area contributed by atoms with Gasteiger partial charge in [0, 0.05) is 18.2 Å². The van der Waals surface area contributed by atoms with Crippen LogP contribution in [0.15, 0.2) is 12.1 Å². The van der Waals surface area contributed by atoms with Gasteiger partial charge in [-0.3, -0.25) is 0 Å². The number of phenolic OH excluding ortho intramolecular Hbond substituents is 1. The van der Waals surface area contributed by atoms with Crippen molar-refractivity contribution in [3.05, 3.63) is 17.7 Å². The summed E-state index contributed by atoms with van der Waals surface area (Å²) >= 11 is 1.84. The summed E-state index contributed by atoms with van der Waals surface area (Å²) in [6.07, 6.45) is 3.23. The van der Waals surface area contributed by atoms with Gasteiger partial charge in [0.05, 0.1) is 0 Å². The minimum absolute atomic E-state index is 0.235. The average molecular weight is 255 g/mol. The fourth-order valence-electron chi connectivity index (χ4n) is 1.68. The first-order chi connectivity index (χ1) is 8.31. The van der Waals surface area contributed by atoms with Gasteiger partial charge in [-0.05, 0) is 31.0 Å². The van der Waals surface area contributed by atoms with Crippen LogP contribution >= 0.6 is 11.8 Å². The number of benzene rings is 1. The fourth-order valence-corrected chi connectivity index (χ4v) is 2.11.